The highest BCUT2D eigenvalue weighted by Gasteiger charge is 2.37. The minimum Gasteiger partial charge on any atom is -0.459 e. The lowest BCUT2D eigenvalue weighted by molar-refractivity contribution is -0.156. The second kappa shape index (κ2) is 8.14. The van der Waals surface area contributed by atoms with Crippen LogP contribution in [-0.2, 0) is 20.9 Å². The van der Waals surface area contributed by atoms with Gasteiger partial charge in [-0.25, -0.2) is 4.79 Å². The first-order valence-corrected chi connectivity index (χ1v) is 8.55. The van der Waals surface area contributed by atoms with Crippen molar-refractivity contribution in [2.75, 3.05) is 6.54 Å². The van der Waals surface area contributed by atoms with Crippen LogP contribution in [0.4, 0.5) is 0 Å². The number of ether oxygens (including phenoxy) is 1. The summed E-state index contributed by atoms with van der Waals surface area (Å²) in [6, 6.07) is 9.20. The van der Waals surface area contributed by atoms with Crippen molar-refractivity contribution >= 4 is 11.9 Å². The predicted molar refractivity (Wildman–Crippen MR) is 89.6 cm³/mol. The molecule has 1 aromatic carbocycles. The largest absolute Gasteiger partial charge is 0.459 e. The maximum atomic E-state index is 12.7. The molecular formula is C19H27NO3. The van der Waals surface area contributed by atoms with E-state index in [0.29, 0.717) is 18.9 Å². The SMILES string of the molecule is CCC(C)C(C)C(=O)N1CCC[C@H]1C(=O)OCc1ccccc1. The van der Waals surface area contributed by atoms with Crippen LogP contribution < -0.4 is 0 Å². The van der Waals surface area contributed by atoms with Gasteiger partial charge in [-0.15, -0.1) is 0 Å². The van der Waals surface area contributed by atoms with E-state index in [1.54, 1.807) is 4.90 Å². The molecule has 4 heteroatoms. The van der Waals surface area contributed by atoms with E-state index in [1.807, 2.05) is 37.3 Å². The van der Waals surface area contributed by atoms with Crippen molar-refractivity contribution in [2.24, 2.45) is 11.8 Å². The summed E-state index contributed by atoms with van der Waals surface area (Å²) in [7, 11) is 0. The van der Waals surface area contributed by atoms with Crippen molar-refractivity contribution < 1.29 is 14.3 Å². The summed E-state index contributed by atoms with van der Waals surface area (Å²) in [6.07, 6.45) is 2.53. The normalized spacial score (nSPS) is 20.1. The Morgan fingerprint density at radius 2 is 1.96 bits per heavy atom. The lowest BCUT2D eigenvalue weighted by Gasteiger charge is -2.28. The van der Waals surface area contributed by atoms with Crippen LogP contribution in [0.5, 0.6) is 0 Å². The molecule has 4 nitrogen and oxygen atoms in total. The van der Waals surface area contributed by atoms with Gasteiger partial charge in [0.2, 0.25) is 5.91 Å². The third-order valence-corrected chi connectivity index (χ3v) is 4.92. The monoisotopic (exact) mass is 317 g/mol. The summed E-state index contributed by atoms with van der Waals surface area (Å²) in [4.78, 5) is 26.8. The molecule has 0 saturated carbocycles. The number of hydrogen-bond donors (Lipinski definition) is 0. The Bertz CT molecular complexity index is 529. The van der Waals surface area contributed by atoms with Crippen molar-refractivity contribution in [3.8, 4) is 0 Å². The van der Waals surface area contributed by atoms with E-state index in [0.717, 1.165) is 18.4 Å². The average Bonchev–Trinajstić information content (AvgIpc) is 3.08. The van der Waals surface area contributed by atoms with Gasteiger partial charge in [-0.3, -0.25) is 4.79 Å². The molecule has 1 aliphatic rings. The van der Waals surface area contributed by atoms with Gasteiger partial charge in [0.1, 0.15) is 12.6 Å². The van der Waals surface area contributed by atoms with E-state index in [1.165, 1.54) is 0 Å². The number of likely N-dealkylation sites (tertiary alicyclic amines) is 1. The Kier molecular flexibility index (Phi) is 6.20. The van der Waals surface area contributed by atoms with Gasteiger partial charge in [0.25, 0.3) is 0 Å². The van der Waals surface area contributed by atoms with E-state index in [2.05, 4.69) is 13.8 Å². The molecule has 1 heterocycles. The molecule has 1 aliphatic heterocycles. The number of carbonyl (C=O) groups excluding carboxylic acids is 2. The molecule has 3 atom stereocenters. The summed E-state index contributed by atoms with van der Waals surface area (Å²) < 4.78 is 5.43. The van der Waals surface area contributed by atoms with Gasteiger partial charge < -0.3 is 9.64 Å². The first kappa shape index (κ1) is 17.5. The van der Waals surface area contributed by atoms with Crippen LogP contribution in [0, 0.1) is 11.8 Å². The smallest absolute Gasteiger partial charge is 0.329 e. The lowest BCUT2D eigenvalue weighted by atomic mass is 9.92. The summed E-state index contributed by atoms with van der Waals surface area (Å²) in [5.74, 6) is 0.0705. The number of amides is 1. The van der Waals surface area contributed by atoms with E-state index >= 15 is 0 Å². The number of hydrogen-bond acceptors (Lipinski definition) is 3. The van der Waals surface area contributed by atoms with Crippen molar-refractivity contribution in [3.05, 3.63) is 35.9 Å². The molecule has 126 valence electrons. The Morgan fingerprint density at radius 3 is 2.61 bits per heavy atom. The van der Waals surface area contributed by atoms with E-state index < -0.39 is 6.04 Å². The van der Waals surface area contributed by atoms with Crippen LogP contribution in [-0.4, -0.2) is 29.4 Å². The molecule has 0 aliphatic carbocycles. The molecule has 0 spiro atoms. The van der Waals surface area contributed by atoms with Crippen LogP contribution >= 0.6 is 0 Å². The predicted octanol–water partition coefficient (Wildman–Crippen LogP) is 3.40. The third kappa shape index (κ3) is 4.34. The summed E-state index contributed by atoms with van der Waals surface area (Å²) in [5.41, 5.74) is 0.963. The fourth-order valence-corrected chi connectivity index (χ4v) is 2.96. The Balaban J connectivity index is 1.95. The fraction of sp³-hybridized carbons (Fsp3) is 0.579. The number of rotatable bonds is 6. The zero-order valence-electron chi connectivity index (χ0n) is 14.3. The highest BCUT2D eigenvalue weighted by molar-refractivity contribution is 5.86. The Labute approximate surface area is 138 Å². The molecule has 2 rings (SSSR count). The quantitative estimate of drug-likeness (QED) is 0.755. The average molecular weight is 317 g/mol. The Hall–Kier alpha value is -1.84. The van der Waals surface area contributed by atoms with Crippen LogP contribution in [0.3, 0.4) is 0 Å². The van der Waals surface area contributed by atoms with Gasteiger partial charge >= 0.3 is 5.97 Å². The molecular weight excluding hydrogens is 290 g/mol. The first-order valence-electron chi connectivity index (χ1n) is 8.55. The van der Waals surface area contributed by atoms with Crippen LogP contribution in [0.25, 0.3) is 0 Å². The molecule has 0 bridgehead atoms. The number of esters is 1. The topological polar surface area (TPSA) is 46.6 Å². The van der Waals surface area contributed by atoms with Crippen molar-refractivity contribution in [2.45, 2.75) is 52.7 Å². The second-order valence-electron chi connectivity index (χ2n) is 6.46. The third-order valence-electron chi connectivity index (χ3n) is 4.92. The van der Waals surface area contributed by atoms with E-state index in [-0.39, 0.29) is 24.4 Å². The summed E-state index contributed by atoms with van der Waals surface area (Å²) >= 11 is 0. The molecule has 2 unspecified atom stereocenters. The van der Waals surface area contributed by atoms with Crippen molar-refractivity contribution in [1.29, 1.82) is 0 Å². The van der Waals surface area contributed by atoms with Crippen molar-refractivity contribution in [1.82, 2.24) is 4.90 Å². The maximum Gasteiger partial charge on any atom is 0.329 e. The number of benzene rings is 1. The molecule has 23 heavy (non-hydrogen) atoms. The van der Waals surface area contributed by atoms with Gasteiger partial charge in [-0.1, -0.05) is 57.5 Å². The van der Waals surface area contributed by atoms with Crippen LogP contribution in [0.2, 0.25) is 0 Å². The van der Waals surface area contributed by atoms with Gasteiger partial charge in [0, 0.05) is 12.5 Å². The highest BCUT2D eigenvalue weighted by atomic mass is 16.5. The molecule has 1 saturated heterocycles. The van der Waals surface area contributed by atoms with Crippen molar-refractivity contribution in [3.63, 3.8) is 0 Å². The number of carbonyl (C=O) groups is 2. The standard InChI is InChI=1S/C19H27NO3/c1-4-14(2)15(3)18(21)20-12-8-11-17(20)19(22)23-13-16-9-6-5-7-10-16/h5-7,9-10,14-15,17H,4,8,11-13H2,1-3H3/t14?,15?,17-/m0/s1. The maximum absolute atomic E-state index is 12.7. The van der Waals surface area contributed by atoms with Gasteiger partial charge in [0.15, 0.2) is 0 Å². The first-order chi connectivity index (χ1) is 11.0. The zero-order valence-corrected chi connectivity index (χ0v) is 14.3. The summed E-state index contributed by atoms with van der Waals surface area (Å²) in [6.45, 7) is 7.05. The highest BCUT2D eigenvalue weighted by Crippen LogP contribution is 2.25. The minimum absolute atomic E-state index is 0.0532. The molecule has 0 N–H and O–H groups in total. The molecule has 0 aromatic heterocycles. The van der Waals surface area contributed by atoms with E-state index in [4.69, 9.17) is 4.74 Å². The van der Waals surface area contributed by atoms with Crippen LogP contribution in [0.1, 0.15) is 45.6 Å². The van der Waals surface area contributed by atoms with Gasteiger partial charge in [0.05, 0.1) is 0 Å². The minimum atomic E-state index is -0.419. The van der Waals surface area contributed by atoms with Gasteiger partial charge in [-0.2, -0.15) is 0 Å². The zero-order chi connectivity index (χ0) is 16.8. The second-order valence-corrected chi connectivity index (χ2v) is 6.46. The lowest BCUT2D eigenvalue weighted by Crippen LogP contribution is -2.44. The van der Waals surface area contributed by atoms with Crippen LogP contribution in [0.15, 0.2) is 30.3 Å². The Morgan fingerprint density at radius 1 is 1.26 bits per heavy atom. The van der Waals surface area contributed by atoms with E-state index in [9.17, 15) is 9.59 Å². The molecule has 1 fully saturated rings. The molecule has 0 radical (unpaired) electrons. The fourth-order valence-electron chi connectivity index (χ4n) is 2.96. The molecule has 1 aromatic rings. The van der Waals surface area contributed by atoms with Gasteiger partial charge in [-0.05, 0) is 24.3 Å². The summed E-state index contributed by atoms with van der Waals surface area (Å²) in [5, 5.41) is 0. The number of nitrogens with zero attached hydrogens (tertiary/aromatic N) is 1. The molecule has 1 amide bonds.